The van der Waals surface area contributed by atoms with Gasteiger partial charge in [0.2, 0.25) is 0 Å². The normalized spacial score (nSPS) is 14.8. The van der Waals surface area contributed by atoms with E-state index >= 15 is 0 Å². The van der Waals surface area contributed by atoms with Crippen LogP contribution in [-0.2, 0) is 11.8 Å². The number of halogens is 14. The molecule has 0 bridgehead atoms. The summed E-state index contributed by atoms with van der Waals surface area (Å²) in [4.78, 5) is 47.4. The number of furan rings is 2. The fraction of sp³-hybridized carbons (Fsp3) is 0.375. The minimum Gasteiger partial charge on any atom is -0.386 e. The average molecular weight is 554 g/mol. The first-order chi connectivity index (χ1) is 15.9. The number of rotatable bonds is 4. The van der Waals surface area contributed by atoms with Crippen molar-refractivity contribution in [2.24, 2.45) is 0 Å². The summed E-state index contributed by atoms with van der Waals surface area (Å²) in [6.07, 6.45) is -14.5. The van der Waals surface area contributed by atoms with E-state index in [2.05, 4.69) is 8.83 Å². The van der Waals surface area contributed by atoms with E-state index in [0.717, 1.165) is 0 Å². The molecule has 0 spiro atoms. The summed E-state index contributed by atoms with van der Waals surface area (Å²) in [6.45, 7) is 0. The zero-order valence-electron chi connectivity index (χ0n) is 15.7. The van der Waals surface area contributed by atoms with Gasteiger partial charge in [0.25, 0.3) is 0 Å². The molecule has 2 aromatic heterocycles. The molecule has 0 fully saturated rings. The maximum atomic E-state index is 14.6. The standard InChI is InChI=1S/C16F14O6/c17-11(18,13(21,22)15(25,26)27)5-1-2(8(32)35-7(1)31)6(4-3(5)9(33)36-10(4)34)12(19,20)14(23,24)16(28,29)30. The number of hydrogen-bond donors (Lipinski definition) is 0. The van der Waals surface area contributed by atoms with E-state index in [1.807, 2.05) is 0 Å². The third-order valence-corrected chi connectivity index (χ3v) is 4.82. The van der Waals surface area contributed by atoms with Gasteiger partial charge >= 0.3 is 58.5 Å². The maximum absolute atomic E-state index is 14.6. The molecule has 0 radical (unpaired) electrons. The molecule has 3 aromatic rings. The Morgan fingerprint density at radius 1 is 0.389 bits per heavy atom. The fourth-order valence-electron chi connectivity index (χ4n) is 3.24. The molecule has 198 valence electrons. The molecule has 0 saturated carbocycles. The van der Waals surface area contributed by atoms with Crippen LogP contribution in [0, 0.1) is 0 Å². The van der Waals surface area contributed by atoms with Gasteiger partial charge in [-0.2, -0.15) is 61.5 Å². The Bertz CT molecular complexity index is 1400. The van der Waals surface area contributed by atoms with Crippen molar-refractivity contribution in [1.29, 1.82) is 0 Å². The SMILES string of the molecule is O=c1oc(=O)c2c(C(F)(F)C(F)(F)C(F)(F)F)c3c(=O)oc(=O)c3c(C(F)(F)C(F)(F)C(F)(F)F)c12. The van der Waals surface area contributed by atoms with Crippen molar-refractivity contribution in [2.45, 2.75) is 36.0 Å². The molecule has 0 N–H and O–H groups in total. The molecule has 0 saturated heterocycles. The van der Waals surface area contributed by atoms with Gasteiger partial charge in [-0.25, -0.2) is 19.2 Å². The summed E-state index contributed by atoms with van der Waals surface area (Å²) in [5.41, 5.74) is -17.9. The molecule has 2 heterocycles. The van der Waals surface area contributed by atoms with E-state index in [0.29, 0.717) is 0 Å². The van der Waals surface area contributed by atoms with Crippen LogP contribution >= 0.6 is 0 Å². The van der Waals surface area contributed by atoms with Gasteiger partial charge in [0, 0.05) is 0 Å². The molecule has 36 heavy (non-hydrogen) atoms. The van der Waals surface area contributed by atoms with Crippen LogP contribution in [-0.4, -0.2) is 24.2 Å². The van der Waals surface area contributed by atoms with E-state index in [1.165, 1.54) is 0 Å². The molecule has 0 aliphatic carbocycles. The number of alkyl halides is 14. The first-order valence-electron chi connectivity index (χ1n) is 8.28. The fourth-order valence-corrected chi connectivity index (χ4v) is 3.24. The third kappa shape index (κ3) is 3.11. The summed E-state index contributed by atoms with van der Waals surface area (Å²) in [5, 5.41) is -11.3. The molecule has 0 atom stereocenters. The first-order valence-corrected chi connectivity index (χ1v) is 8.28. The van der Waals surface area contributed by atoms with Crippen molar-refractivity contribution in [1.82, 2.24) is 0 Å². The summed E-state index contributed by atoms with van der Waals surface area (Å²) in [5.74, 6) is -28.5. The van der Waals surface area contributed by atoms with Crippen LogP contribution in [0.15, 0.2) is 28.0 Å². The van der Waals surface area contributed by atoms with Crippen LogP contribution in [0.3, 0.4) is 0 Å². The Kier molecular flexibility index (Phi) is 5.31. The predicted molar refractivity (Wildman–Crippen MR) is 83.2 cm³/mol. The van der Waals surface area contributed by atoms with Crippen molar-refractivity contribution < 1.29 is 70.3 Å². The van der Waals surface area contributed by atoms with Gasteiger partial charge in [-0.1, -0.05) is 0 Å². The molecule has 0 unspecified atom stereocenters. The van der Waals surface area contributed by atoms with E-state index in [1.54, 1.807) is 0 Å². The Morgan fingerprint density at radius 2 is 0.583 bits per heavy atom. The Morgan fingerprint density at radius 3 is 0.750 bits per heavy atom. The van der Waals surface area contributed by atoms with Crippen LogP contribution in [0.1, 0.15) is 11.1 Å². The van der Waals surface area contributed by atoms with Gasteiger partial charge in [0.05, 0.1) is 32.7 Å². The lowest BCUT2D eigenvalue weighted by Gasteiger charge is -2.31. The van der Waals surface area contributed by atoms with Crippen LogP contribution < -0.4 is 22.5 Å². The highest BCUT2D eigenvalue weighted by atomic mass is 19.4. The highest BCUT2D eigenvalue weighted by Crippen LogP contribution is 2.57. The van der Waals surface area contributed by atoms with Gasteiger partial charge in [0.15, 0.2) is 0 Å². The highest BCUT2D eigenvalue weighted by molar-refractivity contribution is 6.06. The number of benzene rings is 1. The van der Waals surface area contributed by atoms with Crippen molar-refractivity contribution in [3.8, 4) is 0 Å². The second kappa shape index (κ2) is 7.05. The lowest BCUT2D eigenvalue weighted by molar-refractivity contribution is -0.359. The average Bonchev–Trinajstić information content (AvgIpc) is 3.13. The molecule has 20 heteroatoms. The van der Waals surface area contributed by atoms with E-state index < -0.39 is 91.2 Å². The Hall–Kier alpha value is -3.48. The second-order valence-electron chi connectivity index (χ2n) is 6.90. The second-order valence-corrected chi connectivity index (χ2v) is 6.90. The van der Waals surface area contributed by atoms with Crippen LogP contribution in [0.25, 0.3) is 21.5 Å². The summed E-state index contributed by atoms with van der Waals surface area (Å²) < 4.78 is 196. The smallest absolute Gasteiger partial charge is 0.386 e. The number of fused-ring (bicyclic) bond motifs is 2. The minimum absolute atomic E-state index is 2.83. The maximum Gasteiger partial charge on any atom is 0.460 e. The van der Waals surface area contributed by atoms with Crippen LogP contribution in [0.2, 0.25) is 0 Å². The first kappa shape index (κ1) is 27.1. The molecule has 3 rings (SSSR count). The van der Waals surface area contributed by atoms with E-state index in [4.69, 9.17) is 0 Å². The molecule has 0 aliphatic heterocycles. The van der Waals surface area contributed by atoms with Crippen molar-refractivity contribution >= 4 is 21.5 Å². The Balaban J connectivity index is 2.80. The number of hydrogen-bond acceptors (Lipinski definition) is 6. The summed E-state index contributed by atoms with van der Waals surface area (Å²) in [7, 11) is 0. The van der Waals surface area contributed by atoms with Gasteiger partial charge in [-0.3, -0.25) is 0 Å². The summed E-state index contributed by atoms with van der Waals surface area (Å²) >= 11 is 0. The zero-order chi connectivity index (χ0) is 28.2. The molecular weight excluding hydrogens is 554 g/mol. The molecular formula is C16F14O6. The van der Waals surface area contributed by atoms with Gasteiger partial charge < -0.3 is 8.83 Å². The monoisotopic (exact) mass is 554 g/mol. The predicted octanol–water partition coefficient (Wildman–Crippen LogP) is 4.07. The van der Waals surface area contributed by atoms with Gasteiger partial charge in [-0.05, 0) is 0 Å². The van der Waals surface area contributed by atoms with Crippen LogP contribution in [0.4, 0.5) is 61.5 Å². The molecule has 6 nitrogen and oxygen atoms in total. The topological polar surface area (TPSA) is 94.6 Å². The van der Waals surface area contributed by atoms with Crippen LogP contribution in [0.5, 0.6) is 0 Å². The third-order valence-electron chi connectivity index (χ3n) is 4.82. The molecule has 0 aliphatic rings. The highest BCUT2D eigenvalue weighted by Gasteiger charge is 2.77. The summed E-state index contributed by atoms with van der Waals surface area (Å²) in [6, 6.07) is 0. The largest absolute Gasteiger partial charge is 0.460 e. The van der Waals surface area contributed by atoms with Gasteiger partial charge in [0.1, 0.15) is 0 Å². The van der Waals surface area contributed by atoms with E-state index in [-0.39, 0.29) is 0 Å². The zero-order valence-corrected chi connectivity index (χ0v) is 15.7. The molecule has 0 amide bonds. The lowest BCUT2D eigenvalue weighted by atomic mass is 9.86. The minimum atomic E-state index is -7.33. The van der Waals surface area contributed by atoms with Crippen molar-refractivity contribution in [3.63, 3.8) is 0 Å². The van der Waals surface area contributed by atoms with E-state index in [9.17, 15) is 80.6 Å². The Labute approximate surface area is 182 Å². The lowest BCUT2D eigenvalue weighted by Crippen LogP contribution is -2.51. The quantitative estimate of drug-likeness (QED) is 0.452. The van der Waals surface area contributed by atoms with Crippen molar-refractivity contribution in [3.05, 3.63) is 52.8 Å². The van der Waals surface area contributed by atoms with Crippen molar-refractivity contribution in [2.75, 3.05) is 0 Å². The molecule has 1 aromatic carbocycles. The van der Waals surface area contributed by atoms with Gasteiger partial charge in [-0.15, -0.1) is 0 Å².